The van der Waals surface area contributed by atoms with Gasteiger partial charge in [-0.3, -0.25) is 9.59 Å². The summed E-state index contributed by atoms with van der Waals surface area (Å²) in [5, 5.41) is 10.1. The molecule has 21 heavy (non-hydrogen) atoms. The van der Waals surface area contributed by atoms with Crippen LogP contribution in [0.2, 0.25) is 0 Å². The summed E-state index contributed by atoms with van der Waals surface area (Å²) in [6.07, 6.45) is 0.775. The zero-order valence-electron chi connectivity index (χ0n) is 12.9. The van der Waals surface area contributed by atoms with E-state index in [-0.39, 0.29) is 11.8 Å². The number of aliphatic carboxylic acids is 1. The summed E-state index contributed by atoms with van der Waals surface area (Å²) in [6, 6.07) is 0. The van der Waals surface area contributed by atoms with Gasteiger partial charge in [0.2, 0.25) is 0 Å². The zero-order valence-corrected chi connectivity index (χ0v) is 13.7. The second-order valence-corrected chi connectivity index (χ2v) is 7.44. The first-order valence-corrected chi connectivity index (χ1v) is 8.09. The number of carboxylic acid groups (broad SMARTS) is 1. The largest absolute Gasteiger partial charge is 0.481 e. The van der Waals surface area contributed by atoms with Crippen molar-refractivity contribution in [2.24, 2.45) is 17.8 Å². The summed E-state index contributed by atoms with van der Waals surface area (Å²) in [6.45, 7) is 8.79. The van der Waals surface area contributed by atoms with E-state index in [1.165, 1.54) is 11.3 Å². The van der Waals surface area contributed by atoms with Gasteiger partial charge in [-0.1, -0.05) is 20.8 Å². The van der Waals surface area contributed by atoms with Crippen molar-refractivity contribution in [1.29, 1.82) is 0 Å². The van der Waals surface area contributed by atoms with Crippen molar-refractivity contribution in [3.8, 4) is 0 Å². The molecule has 0 aliphatic carbocycles. The average Bonchev–Trinajstić information content (AvgIpc) is 2.91. The number of carbonyl (C=O) groups is 2. The molecular weight excluding hydrogens is 288 g/mol. The van der Waals surface area contributed by atoms with Crippen LogP contribution < -0.4 is 0 Å². The molecule has 116 valence electrons. The minimum Gasteiger partial charge on any atom is -0.481 e. The van der Waals surface area contributed by atoms with Crippen LogP contribution in [0.4, 0.5) is 0 Å². The highest BCUT2D eigenvalue weighted by Gasteiger charge is 2.38. The molecule has 1 saturated heterocycles. The number of nitrogens with zero attached hydrogens (tertiary/aromatic N) is 2. The molecule has 6 heteroatoms. The molecule has 2 heterocycles. The number of likely N-dealkylation sites (tertiary alicyclic amines) is 1. The lowest BCUT2D eigenvalue weighted by Gasteiger charge is -2.15. The van der Waals surface area contributed by atoms with Gasteiger partial charge >= 0.3 is 5.97 Å². The van der Waals surface area contributed by atoms with Gasteiger partial charge in [-0.25, -0.2) is 4.98 Å². The van der Waals surface area contributed by atoms with E-state index in [1.54, 1.807) is 4.90 Å². The molecule has 2 atom stereocenters. The monoisotopic (exact) mass is 310 g/mol. The first kappa shape index (κ1) is 15.9. The van der Waals surface area contributed by atoms with E-state index in [2.05, 4.69) is 18.8 Å². The first-order valence-electron chi connectivity index (χ1n) is 7.28. The van der Waals surface area contributed by atoms with Gasteiger partial charge in [0, 0.05) is 13.1 Å². The molecule has 0 spiro atoms. The van der Waals surface area contributed by atoms with Gasteiger partial charge in [0.15, 0.2) is 0 Å². The number of hydrogen-bond acceptors (Lipinski definition) is 4. The highest BCUT2D eigenvalue weighted by molar-refractivity contribution is 7.13. The maximum atomic E-state index is 12.7. The highest BCUT2D eigenvalue weighted by Crippen LogP contribution is 2.28. The van der Waals surface area contributed by atoms with Crippen LogP contribution in [0, 0.1) is 24.7 Å². The van der Waals surface area contributed by atoms with Crippen LogP contribution in [0.25, 0.3) is 0 Å². The Morgan fingerprint density at radius 3 is 2.62 bits per heavy atom. The fourth-order valence-corrected chi connectivity index (χ4v) is 3.67. The van der Waals surface area contributed by atoms with Gasteiger partial charge < -0.3 is 10.0 Å². The molecule has 1 aliphatic heterocycles. The lowest BCUT2D eigenvalue weighted by Crippen LogP contribution is -2.30. The molecule has 1 fully saturated rings. The summed E-state index contributed by atoms with van der Waals surface area (Å²) in [5.41, 5.74) is 0.851. The minimum absolute atomic E-state index is 0.00554. The van der Waals surface area contributed by atoms with Crippen LogP contribution in [0.5, 0.6) is 0 Å². The molecule has 0 radical (unpaired) electrons. The molecular formula is C15H22N2O3S. The fraction of sp³-hybridized carbons (Fsp3) is 0.667. The Bertz CT molecular complexity index is 553. The second-order valence-electron chi connectivity index (χ2n) is 6.24. The Morgan fingerprint density at radius 2 is 2.10 bits per heavy atom. The van der Waals surface area contributed by atoms with E-state index in [4.69, 9.17) is 0 Å². The molecule has 1 aromatic heterocycles. The molecule has 0 bridgehead atoms. The molecule has 0 aromatic carbocycles. The number of aromatic nitrogens is 1. The van der Waals surface area contributed by atoms with Gasteiger partial charge in [0.25, 0.3) is 5.91 Å². The molecule has 1 aromatic rings. The van der Waals surface area contributed by atoms with Crippen molar-refractivity contribution in [3.63, 3.8) is 0 Å². The van der Waals surface area contributed by atoms with E-state index in [0.717, 1.165) is 17.1 Å². The number of amides is 1. The molecule has 1 N–H and O–H groups in total. The van der Waals surface area contributed by atoms with E-state index in [0.29, 0.717) is 23.9 Å². The van der Waals surface area contributed by atoms with Crippen LogP contribution in [0.15, 0.2) is 0 Å². The Balaban J connectivity index is 2.19. The highest BCUT2D eigenvalue weighted by atomic mass is 32.1. The zero-order chi connectivity index (χ0) is 15.7. The predicted octanol–water partition coefficient (Wildman–Crippen LogP) is 2.44. The van der Waals surface area contributed by atoms with Gasteiger partial charge in [-0.2, -0.15) is 0 Å². The molecule has 2 rings (SSSR count). The van der Waals surface area contributed by atoms with E-state index in [1.807, 2.05) is 13.8 Å². The van der Waals surface area contributed by atoms with Crippen molar-refractivity contribution < 1.29 is 14.7 Å². The van der Waals surface area contributed by atoms with Crippen molar-refractivity contribution in [2.45, 2.75) is 34.1 Å². The lowest BCUT2D eigenvalue weighted by atomic mass is 9.99. The fourth-order valence-electron chi connectivity index (χ4n) is 2.76. The molecule has 1 aliphatic rings. The Morgan fingerprint density at radius 1 is 1.43 bits per heavy atom. The Labute approximate surface area is 129 Å². The van der Waals surface area contributed by atoms with E-state index < -0.39 is 11.9 Å². The summed E-state index contributed by atoms with van der Waals surface area (Å²) in [7, 11) is 0. The molecule has 0 unspecified atom stereocenters. The maximum Gasteiger partial charge on any atom is 0.308 e. The third-order valence-electron chi connectivity index (χ3n) is 3.82. The van der Waals surface area contributed by atoms with Crippen LogP contribution in [-0.4, -0.2) is 40.0 Å². The number of rotatable bonds is 4. The van der Waals surface area contributed by atoms with Crippen LogP contribution in [0.1, 0.15) is 41.1 Å². The summed E-state index contributed by atoms with van der Waals surface area (Å²) in [4.78, 5) is 30.7. The second kappa shape index (κ2) is 6.13. The normalized spacial score (nSPS) is 22.0. The number of carbonyl (C=O) groups excluding carboxylic acids is 1. The number of hydrogen-bond donors (Lipinski definition) is 1. The van der Waals surface area contributed by atoms with Crippen LogP contribution in [0.3, 0.4) is 0 Å². The van der Waals surface area contributed by atoms with Crippen molar-refractivity contribution in [1.82, 2.24) is 9.88 Å². The number of thiazole rings is 1. The summed E-state index contributed by atoms with van der Waals surface area (Å²) in [5.74, 6) is -0.916. The summed E-state index contributed by atoms with van der Waals surface area (Å²) >= 11 is 1.41. The third kappa shape index (κ3) is 3.43. The third-order valence-corrected chi connectivity index (χ3v) is 4.82. The maximum absolute atomic E-state index is 12.7. The van der Waals surface area contributed by atoms with Gasteiger partial charge in [-0.05, 0) is 25.2 Å². The first-order chi connectivity index (χ1) is 9.79. The molecule has 0 saturated carbocycles. The smallest absolute Gasteiger partial charge is 0.308 e. The standard InChI is InChI=1S/C15H22N2O3S/c1-8(2)5-12-13(21-10(4)16-12)14(18)17-6-9(3)11(7-17)15(19)20/h8-9,11H,5-7H2,1-4H3,(H,19,20)/t9-,11-/m1/s1. The lowest BCUT2D eigenvalue weighted by molar-refractivity contribution is -0.142. The minimum atomic E-state index is -0.819. The van der Waals surface area contributed by atoms with Crippen molar-refractivity contribution in [3.05, 3.63) is 15.6 Å². The number of carboxylic acids is 1. The SMILES string of the molecule is Cc1nc(CC(C)C)c(C(=O)N2C[C@@H](C)[C@H](C(=O)O)C2)s1. The van der Waals surface area contributed by atoms with Crippen molar-refractivity contribution >= 4 is 23.2 Å². The summed E-state index contributed by atoms with van der Waals surface area (Å²) < 4.78 is 0. The van der Waals surface area contributed by atoms with E-state index >= 15 is 0 Å². The topological polar surface area (TPSA) is 70.5 Å². The Hall–Kier alpha value is -1.43. The Kier molecular flexibility index (Phi) is 4.66. The van der Waals surface area contributed by atoms with Gasteiger partial charge in [-0.15, -0.1) is 11.3 Å². The molecule has 1 amide bonds. The van der Waals surface area contributed by atoms with Gasteiger partial charge in [0.05, 0.1) is 16.6 Å². The van der Waals surface area contributed by atoms with Crippen LogP contribution >= 0.6 is 11.3 Å². The number of aryl methyl sites for hydroxylation is 1. The average molecular weight is 310 g/mol. The molecule has 5 nitrogen and oxygen atoms in total. The quantitative estimate of drug-likeness (QED) is 0.927. The van der Waals surface area contributed by atoms with Gasteiger partial charge in [0.1, 0.15) is 4.88 Å². The van der Waals surface area contributed by atoms with E-state index in [9.17, 15) is 14.7 Å². The van der Waals surface area contributed by atoms with Crippen LogP contribution in [-0.2, 0) is 11.2 Å². The van der Waals surface area contributed by atoms with Crippen molar-refractivity contribution in [2.75, 3.05) is 13.1 Å². The predicted molar refractivity (Wildman–Crippen MR) is 81.6 cm³/mol.